The highest BCUT2D eigenvalue weighted by Gasteiger charge is 2.24. The zero-order valence-electron chi connectivity index (χ0n) is 12.5. The van der Waals surface area contributed by atoms with Crippen LogP contribution in [0, 0.1) is 0 Å². The van der Waals surface area contributed by atoms with Gasteiger partial charge in [0.05, 0.1) is 5.75 Å². The Bertz CT molecular complexity index is 588. The second kappa shape index (κ2) is 6.57. The van der Waals surface area contributed by atoms with Crippen molar-refractivity contribution in [2.75, 3.05) is 44.7 Å². The van der Waals surface area contributed by atoms with Crippen molar-refractivity contribution in [1.29, 1.82) is 0 Å². The van der Waals surface area contributed by atoms with Crippen molar-refractivity contribution in [2.24, 2.45) is 0 Å². The Balaban J connectivity index is 1.88. The van der Waals surface area contributed by atoms with Gasteiger partial charge in [0.2, 0.25) is 0 Å². The number of nitrogens with zero attached hydrogens (tertiary/aromatic N) is 4. The second-order valence-electron chi connectivity index (χ2n) is 5.30. The highest BCUT2D eigenvalue weighted by molar-refractivity contribution is 7.90. The Morgan fingerprint density at radius 3 is 2.52 bits per heavy atom. The average molecular weight is 314 g/mol. The molecule has 1 aromatic rings. The lowest BCUT2D eigenvalue weighted by Crippen LogP contribution is -2.49. The molecule has 0 unspecified atom stereocenters. The molecule has 0 N–H and O–H groups in total. The molecule has 0 bridgehead atoms. The van der Waals surface area contributed by atoms with Gasteiger partial charge >= 0.3 is 0 Å². The fraction of sp³-hybridized carbons (Fsp3) is 0.692. The van der Waals surface area contributed by atoms with Gasteiger partial charge in [0.15, 0.2) is 0 Å². The molecule has 8 heteroatoms. The fourth-order valence-electron chi connectivity index (χ4n) is 2.40. The van der Waals surface area contributed by atoms with Gasteiger partial charge in [0, 0.05) is 51.7 Å². The first-order valence-corrected chi connectivity index (χ1v) is 9.18. The van der Waals surface area contributed by atoms with E-state index < -0.39 is 9.84 Å². The van der Waals surface area contributed by atoms with Crippen molar-refractivity contribution in [1.82, 2.24) is 19.6 Å². The average Bonchev–Trinajstić information content (AvgIpc) is 2.92. The Hall–Kier alpha value is -1.41. The van der Waals surface area contributed by atoms with Crippen LogP contribution in [0.4, 0.5) is 0 Å². The molecule has 21 heavy (non-hydrogen) atoms. The first-order valence-electron chi connectivity index (χ1n) is 7.12. The van der Waals surface area contributed by atoms with Crippen LogP contribution in [0.5, 0.6) is 0 Å². The van der Waals surface area contributed by atoms with Crippen LogP contribution in [0.1, 0.15) is 17.4 Å². The first kappa shape index (κ1) is 16.0. The number of aromatic nitrogens is 2. The zero-order valence-corrected chi connectivity index (χ0v) is 13.3. The monoisotopic (exact) mass is 314 g/mol. The number of carbonyl (C=O) groups excluding carboxylic acids is 1. The van der Waals surface area contributed by atoms with Gasteiger partial charge in [0.25, 0.3) is 5.91 Å². The summed E-state index contributed by atoms with van der Waals surface area (Å²) in [7, 11) is -2.93. The lowest BCUT2D eigenvalue weighted by molar-refractivity contribution is 0.0632. The van der Waals surface area contributed by atoms with Crippen LogP contribution in [-0.4, -0.2) is 78.6 Å². The summed E-state index contributed by atoms with van der Waals surface area (Å²) in [6, 6.07) is 1.74. The van der Waals surface area contributed by atoms with E-state index in [0.717, 1.165) is 0 Å². The number of aryl methyl sites for hydroxylation is 1. The highest BCUT2D eigenvalue weighted by Crippen LogP contribution is 2.09. The van der Waals surface area contributed by atoms with Gasteiger partial charge in [-0.25, -0.2) is 8.42 Å². The largest absolute Gasteiger partial charge is 0.335 e. The molecule has 0 saturated carbocycles. The molecule has 0 atom stereocenters. The van der Waals surface area contributed by atoms with E-state index in [4.69, 9.17) is 0 Å². The van der Waals surface area contributed by atoms with Crippen LogP contribution < -0.4 is 0 Å². The molecule has 1 amide bonds. The first-order chi connectivity index (χ1) is 9.90. The van der Waals surface area contributed by atoms with E-state index in [-0.39, 0.29) is 11.7 Å². The summed E-state index contributed by atoms with van der Waals surface area (Å²) in [6.45, 7) is 5.82. The lowest BCUT2D eigenvalue weighted by Gasteiger charge is -2.34. The predicted molar refractivity (Wildman–Crippen MR) is 80.0 cm³/mol. The van der Waals surface area contributed by atoms with E-state index in [0.29, 0.717) is 45.0 Å². The SMILES string of the molecule is CCn1nccc1C(=O)N1CCN(CCS(C)(=O)=O)CC1. The third-order valence-corrected chi connectivity index (χ3v) is 4.60. The van der Waals surface area contributed by atoms with Crippen LogP contribution in [0.3, 0.4) is 0 Å². The van der Waals surface area contributed by atoms with Gasteiger partial charge in [-0.05, 0) is 13.0 Å². The number of piperazine rings is 1. The van der Waals surface area contributed by atoms with Crippen molar-refractivity contribution < 1.29 is 13.2 Å². The molecule has 118 valence electrons. The van der Waals surface area contributed by atoms with E-state index in [2.05, 4.69) is 10.00 Å². The smallest absolute Gasteiger partial charge is 0.272 e. The summed E-state index contributed by atoms with van der Waals surface area (Å²) in [4.78, 5) is 16.3. The third kappa shape index (κ3) is 4.28. The highest BCUT2D eigenvalue weighted by atomic mass is 32.2. The number of sulfone groups is 1. The normalized spacial score (nSPS) is 17.1. The van der Waals surface area contributed by atoms with E-state index in [9.17, 15) is 13.2 Å². The minimum absolute atomic E-state index is 0.00267. The van der Waals surface area contributed by atoms with E-state index in [1.165, 1.54) is 6.26 Å². The number of carbonyl (C=O) groups is 1. The maximum absolute atomic E-state index is 12.4. The molecular weight excluding hydrogens is 292 g/mol. The molecule has 0 aromatic carbocycles. The molecule has 0 aliphatic carbocycles. The summed E-state index contributed by atoms with van der Waals surface area (Å²) >= 11 is 0. The predicted octanol–water partition coefficient (Wildman–Crippen LogP) is -0.295. The zero-order chi connectivity index (χ0) is 15.5. The van der Waals surface area contributed by atoms with Crippen molar-refractivity contribution >= 4 is 15.7 Å². The number of hydrogen-bond acceptors (Lipinski definition) is 5. The minimum Gasteiger partial charge on any atom is -0.335 e. The second-order valence-corrected chi connectivity index (χ2v) is 7.56. The molecule has 0 radical (unpaired) electrons. The number of hydrogen-bond donors (Lipinski definition) is 0. The van der Waals surface area contributed by atoms with Crippen LogP contribution >= 0.6 is 0 Å². The van der Waals surface area contributed by atoms with Gasteiger partial charge in [-0.3, -0.25) is 14.4 Å². The van der Waals surface area contributed by atoms with Crippen LogP contribution in [0.15, 0.2) is 12.3 Å². The van der Waals surface area contributed by atoms with Gasteiger partial charge in [0.1, 0.15) is 15.5 Å². The minimum atomic E-state index is -2.93. The van der Waals surface area contributed by atoms with Crippen molar-refractivity contribution in [2.45, 2.75) is 13.5 Å². The summed E-state index contributed by atoms with van der Waals surface area (Å²) in [5.74, 6) is 0.168. The molecule has 1 aliphatic heterocycles. The molecule has 2 rings (SSSR count). The van der Waals surface area contributed by atoms with E-state index in [1.54, 1.807) is 21.8 Å². The van der Waals surface area contributed by atoms with Crippen molar-refractivity contribution in [3.8, 4) is 0 Å². The van der Waals surface area contributed by atoms with Crippen LogP contribution in [-0.2, 0) is 16.4 Å². The lowest BCUT2D eigenvalue weighted by atomic mass is 10.2. The molecule has 7 nitrogen and oxygen atoms in total. The number of amides is 1. The Morgan fingerprint density at radius 2 is 1.95 bits per heavy atom. The topological polar surface area (TPSA) is 75.5 Å². The summed E-state index contributed by atoms with van der Waals surface area (Å²) in [6.07, 6.45) is 2.89. The van der Waals surface area contributed by atoms with Gasteiger partial charge in [-0.15, -0.1) is 0 Å². The molecule has 1 aliphatic rings. The maximum Gasteiger partial charge on any atom is 0.272 e. The van der Waals surface area contributed by atoms with Gasteiger partial charge < -0.3 is 4.90 Å². The van der Waals surface area contributed by atoms with E-state index >= 15 is 0 Å². The standard InChI is InChI=1S/C13H22N4O3S/c1-3-17-12(4-5-14-17)13(18)16-8-6-15(7-9-16)10-11-21(2,19)20/h4-5H,3,6-11H2,1-2H3. The van der Waals surface area contributed by atoms with Crippen LogP contribution in [0.25, 0.3) is 0 Å². The number of rotatable bonds is 5. The molecular formula is C13H22N4O3S. The molecule has 1 fully saturated rings. The maximum atomic E-state index is 12.4. The summed E-state index contributed by atoms with van der Waals surface area (Å²) in [5, 5.41) is 4.11. The van der Waals surface area contributed by atoms with Crippen molar-refractivity contribution in [3.63, 3.8) is 0 Å². The molecule has 1 aromatic heterocycles. The van der Waals surface area contributed by atoms with Gasteiger partial charge in [-0.2, -0.15) is 5.10 Å². The third-order valence-electron chi connectivity index (χ3n) is 3.67. The molecule has 2 heterocycles. The van der Waals surface area contributed by atoms with Crippen molar-refractivity contribution in [3.05, 3.63) is 18.0 Å². The van der Waals surface area contributed by atoms with Crippen LogP contribution in [0.2, 0.25) is 0 Å². The Kier molecular flexibility index (Phi) is 5.00. The van der Waals surface area contributed by atoms with E-state index in [1.807, 2.05) is 6.92 Å². The summed E-state index contributed by atoms with van der Waals surface area (Å²) in [5.41, 5.74) is 0.613. The summed E-state index contributed by atoms with van der Waals surface area (Å²) < 4.78 is 24.0. The Morgan fingerprint density at radius 1 is 1.29 bits per heavy atom. The quantitative estimate of drug-likeness (QED) is 0.746. The molecule has 0 spiro atoms. The fourth-order valence-corrected chi connectivity index (χ4v) is 2.99. The Labute approximate surface area is 125 Å². The van der Waals surface area contributed by atoms with Gasteiger partial charge in [-0.1, -0.05) is 0 Å². The molecule has 1 saturated heterocycles.